The van der Waals surface area contributed by atoms with Crippen molar-refractivity contribution in [3.8, 4) is 0 Å². The Morgan fingerprint density at radius 2 is 1.78 bits per heavy atom. The van der Waals surface area contributed by atoms with Gasteiger partial charge in [0, 0.05) is 17.8 Å². The third kappa shape index (κ3) is 6.00. The molecule has 2 aromatic rings. The number of rotatable bonds is 7. The maximum Gasteiger partial charge on any atom is 0.269 e. The lowest BCUT2D eigenvalue weighted by Gasteiger charge is -2.08. The topological polar surface area (TPSA) is 51.2 Å². The van der Waals surface area contributed by atoms with E-state index in [9.17, 15) is 4.79 Å². The van der Waals surface area contributed by atoms with Crippen LogP contribution in [-0.4, -0.2) is 17.4 Å². The van der Waals surface area contributed by atoms with Gasteiger partial charge in [-0.05, 0) is 35.2 Å². The van der Waals surface area contributed by atoms with Gasteiger partial charge < -0.3 is 10.1 Å². The molecule has 0 radical (unpaired) electrons. The number of benzene rings is 1. The lowest BCUT2D eigenvalue weighted by molar-refractivity contribution is 0.0942. The van der Waals surface area contributed by atoms with E-state index in [2.05, 4.69) is 24.1 Å². The maximum absolute atomic E-state index is 11.9. The molecule has 1 aromatic heterocycles. The van der Waals surface area contributed by atoms with Gasteiger partial charge in [0.25, 0.3) is 5.91 Å². The molecule has 4 nitrogen and oxygen atoms in total. The number of hydrogen-bond donors (Lipinski definition) is 1. The lowest BCUT2D eigenvalue weighted by atomic mass is 10.2. The highest BCUT2D eigenvalue weighted by Gasteiger charge is 2.07. The van der Waals surface area contributed by atoms with Crippen LogP contribution in [0.2, 0.25) is 5.02 Å². The van der Waals surface area contributed by atoms with Crippen LogP contribution >= 0.6 is 11.6 Å². The van der Waals surface area contributed by atoms with E-state index in [1.54, 1.807) is 12.3 Å². The van der Waals surface area contributed by atoms with Gasteiger partial charge in [0.1, 0.15) is 5.69 Å². The molecule has 0 bridgehead atoms. The summed E-state index contributed by atoms with van der Waals surface area (Å²) in [7, 11) is 0. The fraction of sp³-hybridized carbons (Fsp3) is 0.333. The molecule has 0 aliphatic heterocycles. The molecule has 0 fully saturated rings. The van der Waals surface area contributed by atoms with Crippen molar-refractivity contribution in [1.29, 1.82) is 0 Å². The van der Waals surface area contributed by atoms with Crippen molar-refractivity contribution in [3.63, 3.8) is 0 Å². The molecule has 0 saturated carbocycles. The predicted molar refractivity (Wildman–Crippen MR) is 91.4 cm³/mol. The Morgan fingerprint density at radius 3 is 2.39 bits per heavy atom. The lowest BCUT2D eigenvalue weighted by Crippen LogP contribution is -2.28. The summed E-state index contributed by atoms with van der Waals surface area (Å²) in [6, 6.07) is 11.1. The molecule has 122 valence electrons. The van der Waals surface area contributed by atoms with E-state index < -0.39 is 0 Å². The highest BCUT2D eigenvalue weighted by molar-refractivity contribution is 6.30. The van der Waals surface area contributed by atoms with Crippen molar-refractivity contribution in [2.75, 3.05) is 6.54 Å². The number of hydrogen-bond acceptors (Lipinski definition) is 3. The molecule has 0 aliphatic rings. The highest BCUT2D eigenvalue weighted by atomic mass is 35.5. The van der Waals surface area contributed by atoms with Crippen LogP contribution in [-0.2, 0) is 18.0 Å². The predicted octanol–water partition coefficient (Wildman–Crippen LogP) is 3.84. The van der Waals surface area contributed by atoms with Crippen molar-refractivity contribution in [1.82, 2.24) is 10.3 Å². The Bertz CT molecular complexity index is 624. The zero-order valence-electron chi connectivity index (χ0n) is 13.4. The van der Waals surface area contributed by atoms with Gasteiger partial charge in [-0.1, -0.05) is 43.6 Å². The molecule has 0 unspecified atom stereocenters. The van der Waals surface area contributed by atoms with Crippen molar-refractivity contribution in [2.45, 2.75) is 27.1 Å². The van der Waals surface area contributed by atoms with Crippen LogP contribution in [0.4, 0.5) is 0 Å². The Labute approximate surface area is 141 Å². The number of nitrogens with zero attached hydrogens (tertiary/aromatic N) is 1. The zero-order valence-corrected chi connectivity index (χ0v) is 14.1. The molecule has 0 saturated heterocycles. The molecule has 1 N–H and O–H groups in total. The second-order valence-corrected chi connectivity index (χ2v) is 6.21. The van der Waals surface area contributed by atoms with Gasteiger partial charge in [-0.15, -0.1) is 0 Å². The van der Waals surface area contributed by atoms with Crippen LogP contribution in [0.5, 0.6) is 0 Å². The average Bonchev–Trinajstić information content (AvgIpc) is 2.55. The first-order valence-electron chi connectivity index (χ1n) is 7.60. The van der Waals surface area contributed by atoms with Crippen LogP contribution in [0.15, 0.2) is 42.6 Å². The molecule has 1 heterocycles. The SMILES string of the molecule is CC(C)CNC(=O)c1ccc(COCc2ccc(Cl)cc2)cn1. The number of carbonyl (C=O) groups is 1. The minimum absolute atomic E-state index is 0.146. The van der Waals surface area contributed by atoms with E-state index in [1.807, 2.05) is 30.3 Å². The van der Waals surface area contributed by atoms with Gasteiger partial charge in [-0.25, -0.2) is 0 Å². The number of amides is 1. The van der Waals surface area contributed by atoms with Crippen LogP contribution in [0.3, 0.4) is 0 Å². The van der Waals surface area contributed by atoms with E-state index in [-0.39, 0.29) is 5.91 Å². The third-order valence-electron chi connectivity index (χ3n) is 3.18. The summed E-state index contributed by atoms with van der Waals surface area (Å²) in [6.45, 7) is 5.70. The Kier molecular flexibility index (Phi) is 6.56. The second-order valence-electron chi connectivity index (χ2n) is 5.77. The fourth-order valence-electron chi connectivity index (χ4n) is 1.90. The first-order valence-corrected chi connectivity index (χ1v) is 7.97. The summed E-state index contributed by atoms with van der Waals surface area (Å²) in [5.74, 6) is 0.270. The average molecular weight is 333 g/mol. The standard InChI is InChI=1S/C18H21ClN2O2/c1-13(2)9-21-18(22)17-8-5-15(10-20-17)12-23-11-14-3-6-16(19)7-4-14/h3-8,10,13H,9,11-12H2,1-2H3,(H,21,22). The monoisotopic (exact) mass is 332 g/mol. The first kappa shape index (κ1) is 17.4. The van der Waals surface area contributed by atoms with Crippen LogP contribution in [0.25, 0.3) is 0 Å². The summed E-state index contributed by atoms with van der Waals surface area (Å²) >= 11 is 5.84. The van der Waals surface area contributed by atoms with Crippen LogP contribution < -0.4 is 5.32 Å². The normalized spacial score (nSPS) is 10.8. The van der Waals surface area contributed by atoms with Gasteiger partial charge in [-0.2, -0.15) is 0 Å². The highest BCUT2D eigenvalue weighted by Crippen LogP contribution is 2.11. The van der Waals surface area contributed by atoms with Gasteiger partial charge >= 0.3 is 0 Å². The second kappa shape index (κ2) is 8.65. The van der Waals surface area contributed by atoms with Crippen molar-refractivity contribution in [3.05, 3.63) is 64.4 Å². The van der Waals surface area contributed by atoms with E-state index >= 15 is 0 Å². The van der Waals surface area contributed by atoms with E-state index in [1.165, 1.54) is 0 Å². The number of carbonyl (C=O) groups excluding carboxylic acids is 1. The van der Waals surface area contributed by atoms with Crippen molar-refractivity contribution >= 4 is 17.5 Å². The van der Waals surface area contributed by atoms with Crippen molar-refractivity contribution in [2.24, 2.45) is 5.92 Å². The number of ether oxygens (including phenoxy) is 1. The zero-order chi connectivity index (χ0) is 16.7. The third-order valence-corrected chi connectivity index (χ3v) is 3.43. The largest absolute Gasteiger partial charge is 0.372 e. The van der Waals surface area contributed by atoms with E-state index in [0.29, 0.717) is 36.4 Å². The Hall–Kier alpha value is -1.91. The van der Waals surface area contributed by atoms with Gasteiger partial charge in [0.2, 0.25) is 0 Å². The minimum atomic E-state index is -0.146. The molecular weight excluding hydrogens is 312 g/mol. The number of pyridine rings is 1. The number of aromatic nitrogens is 1. The molecule has 0 atom stereocenters. The van der Waals surface area contributed by atoms with Crippen molar-refractivity contribution < 1.29 is 9.53 Å². The van der Waals surface area contributed by atoms with E-state index in [0.717, 1.165) is 11.1 Å². The van der Waals surface area contributed by atoms with Crippen LogP contribution in [0.1, 0.15) is 35.5 Å². The Morgan fingerprint density at radius 1 is 1.13 bits per heavy atom. The van der Waals surface area contributed by atoms with Gasteiger partial charge in [0.15, 0.2) is 0 Å². The molecule has 0 aliphatic carbocycles. The molecule has 0 spiro atoms. The Balaban J connectivity index is 1.80. The molecule has 5 heteroatoms. The first-order chi connectivity index (χ1) is 11.0. The summed E-state index contributed by atoms with van der Waals surface area (Å²) in [5, 5.41) is 3.56. The molecular formula is C18H21ClN2O2. The summed E-state index contributed by atoms with van der Waals surface area (Å²) in [4.78, 5) is 16.1. The maximum atomic E-state index is 11.9. The van der Waals surface area contributed by atoms with E-state index in [4.69, 9.17) is 16.3 Å². The number of halogens is 1. The van der Waals surface area contributed by atoms with Gasteiger partial charge in [-0.3, -0.25) is 9.78 Å². The fourth-order valence-corrected chi connectivity index (χ4v) is 2.02. The smallest absolute Gasteiger partial charge is 0.269 e. The summed E-state index contributed by atoms with van der Waals surface area (Å²) in [5.41, 5.74) is 2.42. The molecule has 23 heavy (non-hydrogen) atoms. The summed E-state index contributed by atoms with van der Waals surface area (Å²) < 4.78 is 5.64. The van der Waals surface area contributed by atoms with Gasteiger partial charge in [0.05, 0.1) is 13.2 Å². The summed E-state index contributed by atoms with van der Waals surface area (Å²) in [6.07, 6.45) is 1.67. The molecule has 1 aromatic carbocycles. The number of nitrogens with one attached hydrogen (secondary N) is 1. The molecule has 1 amide bonds. The minimum Gasteiger partial charge on any atom is -0.372 e. The van der Waals surface area contributed by atoms with Crippen LogP contribution in [0, 0.1) is 5.92 Å². The molecule has 2 rings (SSSR count). The quantitative estimate of drug-likeness (QED) is 0.838.